The molecule has 0 spiro atoms. The highest BCUT2D eigenvalue weighted by Gasteiger charge is 2.42. The summed E-state index contributed by atoms with van der Waals surface area (Å²) >= 11 is 0. The summed E-state index contributed by atoms with van der Waals surface area (Å²) in [6, 6.07) is 6.11. The maximum Gasteiger partial charge on any atom is 0.311 e. The number of benzene rings is 1. The lowest BCUT2D eigenvalue weighted by molar-refractivity contribution is -0.147. The summed E-state index contributed by atoms with van der Waals surface area (Å²) in [5.74, 6) is 0.350. The van der Waals surface area contributed by atoms with Crippen molar-refractivity contribution in [1.82, 2.24) is 4.90 Å². The molecule has 1 aromatic carbocycles. The van der Waals surface area contributed by atoms with E-state index in [1.165, 1.54) is 11.1 Å². The van der Waals surface area contributed by atoms with Crippen LogP contribution in [0.2, 0.25) is 0 Å². The van der Waals surface area contributed by atoms with Crippen LogP contribution in [0.3, 0.4) is 0 Å². The number of ether oxygens (including phenoxy) is 1. The Balaban J connectivity index is 1.69. The standard InChI is InChI=1S/C19H25NO4/c1-19(18(22)23)8-9-20(12-19)17(21)11-14-5-3-4-13-10-15(24-2)6-7-16(13)14/h6-7,10,14H,3-5,8-9,11-12H2,1-2H3,(H,22,23)/t14-,19+/m0/s1. The molecule has 1 saturated heterocycles. The van der Waals surface area contributed by atoms with Crippen molar-refractivity contribution in [2.75, 3.05) is 20.2 Å². The second kappa shape index (κ2) is 6.46. The minimum absolute atomic E-state index is 0.0774. The van der Waals surface area contributed by atoms with Crippen LogP contribution < -0.4 is 4.74 Å². The number of amides is 1. The van der Waals surface area contributed by atoms with Gasteiger partial charge in [-0.3, -0.25) is 9.59 Å². The first-order chi connectivity index (χ1) is 11.4. The summed E-state index contributed by atoms with van der Waals surface area (Å²) in [5, 5.41) is 9.32. The summed E-state index contributed by atoms with van der Waals surface area (Å²) < 4.78 is 5.29. The fraction of sp³-hybridized carbons (Fsp3) is 0.579. The summed E-state index contributed by atoms with van der Waals surface area (Å²) in [6.07, 6.45) is 4.11. The molecule has 5 heteroatoms. The van der Waals surface area contributed by atoms with Gasteiger partial charge in [-0.15, -0.1) is 0 Å². The molecule has 0 unspecified atom stereocenters. The van der Waals surface area contributed by atoms with E-state index < -0.39 is 11.4 Å². The molecule has 0 radical (unpaired) electrons. The molecule has 2 aliphatic rings. The van der Waals surface area contributed by atoms with Crippen LogP contribution in [0.5, 0.6) is 5.75 Å². The van der Waals surface area contributed by atoms with E-state index in [1.807, 2.05) is 6.07 Å². The molecule has 2 atom stereocenters. The smallest absolute Gasteiger partial charge is 0.311 e. The lowest BCUT2D eigenvalue weighted by Gasteiger charge is -2.27. The molecular formula is C19H25NO4. The van der Waals surface area contributed by atoms with Crippen molar-refractivity contribution in [1.29, 1.82) is 0 Å². The molecule has 0 saturated carbocycles. The van der Waals surface area contributed by atoms with Crippen molar-refractivity contribution >= 4 is 11.9 Å². The van der Waals surface area contributed by atoms with E-state index in [2.05, 4.69) is 12.1 Å². The lowest BCUT2D eigenvalue weighted by atomic mass is 9.80. The maximum atomic E-state index is 12.7. The third kappa shape index (κ3) is 3.12. The number of fused-ring (bicyclic) bond motifs is 1. The summed E-state index contributed by atoms with van der Waals surface area (Å²) in [6.45, 7) is 2.60. The normalized spacial score (nSPS) is 26.1. The summed E-state index contributed by atoms with van der Waals surface area (Å²) in [5.41, 5.74) is 1.72. The zero-order valence-corrected chi connectivity index (χ0v) is 14.4. The average molecular weight is 331 g/mol. The number of likely N-dealkylation sites (tertiary alicyclic amines) is 1. The van der Waals surface area contributed by atoms with Gasteiger partial charge in [-0.1, -0.05) is 6.07 Å². The Labute approximate surface area is 142 Å². The van der Waals surface area contributed by atoms with E-state index in [9.17, 15) is 14.7 Å². The number of hydrogen-bond acceptors (Lipinski definition) is 3. The number of aliphatic carboxylic acids is 1. The highest BCUT2D eigenvalue weighted by molar-refractivity contribution is 5.81. The topological polar surface area (TPSA) is 66.8 Å². The van der Waals surface area contributed by atoms with E-state index in [4.69, 9.17) is 4.74 Å². The van der Waals surface area contributed by atoms with E-state index in [0.29, 0.717) is 25.9 Å². The first kappa shape index (κ1) is 16.8. The van der Waals surface area contributed by atoms with Crippen molar-refractivity contribution in [3.05, 3.63) is 29.3 Å². The van der Waals surface area contributed by atoms with Crippen LogP contribution >= 0.6 is 0 Å². The van der Waals surface area contributed by atoms with Crippen LogP contribution in [0.15, 0.2) is 18.2 Å². The van der Waals surface area contributed by atoms with Crippen LogP contribution in [0.1, 0.15) is 49.7 Å². The van der Waals surface area contributed by atoms with Crippen LogP contribution in [-0.2, 0) is 16.0 Å². The predicted octanol–water partition coefficient (Wildman–Crippen LogP) is 2.83. The van der Waals surface area contributed by atoms with Gasteiger partial charge in [0.2, 0.25) is 5.91 Å². The fourth-order valence-corrected chi connectivity index (χ4v) is 3.92. The largest absolute Gasteiger partial charge is 0.497 e. The van der Waals surface area contributed by atoms with Gasteiger partial charge in [-0.25, -0.2) is 0 Å². The molecule has 0 bridgehead atoms. The number of carbonyl (C=O) groups is 2. The third-order valence-corrected chi connectivity index (χ3v) is 5.55. The molecule has 1 fully saturated rings. The molecule has 1 N–H and O–H groups in total. The van der Waals surface area contributed by atoms with E-state index in [1.54, 1.807) is 18.9 Å². The molecule has 130 valence electrons. The molecule has 1 amide bonds. The van der Waals surface area contributed by atoms with E-state index in [-0.39, 0.29) is 11.8 Å². The van der Waals surface area contributed by atoms with Crippen molar-refractivity contribution in [2.45, 2.75) is 44.9 Å². The Kier molecular flexibility index (Phi) is 4.52. The Morgan fingerprint density at radius 1 is 1.42 bits per heavy atom. The molecular weight excluding hydrogens is 306 g/mol. The van der Waals surface area contributed by atoms with E-state index >= 15 is 0 Å². The number of methoxy groups -OCH3 is 1. The molecule has 3 rings (SSSR count). The SMILES string of the molecule is COc1ccc2c(c1)CCC[C@H]2CC(=O)N1CC[C@@](C)(C(=O)O)C1. The van der Waals surface area contributed by atoms with Gasteiger partial charge in [0.05, 0.1) is 12.5 Å². The zero-order chi connectivity index (χ0) is 17.3. The number of carboxylic acids is 1. The van der Waals surface area contributed by atoms with Gasteiger partial charge in [0.15, 0.2) is 0 Å². The number of carboxylic acid groups (broad SMARTS) is 1. The van der Waals surface area contributed by atoms with Crippen LogP contribution in [0.4, 0.5) is 0 Å². The molecule has 1 aromatic rings. The van der Waals surface area contributed by atoms with Gasteiger partial charge in [-0.05, 0) is 61.8 Å². The number of rotatable bonds is 4. The third-order valence-electron chi connectivity index (χ3n) is 5.55. The van der Waals surface area contributed by atoms with Crippen LogP contribution in [0, 0.1) is 5.41 Å². The van der Waals surface area contributed by atoms with Gasteiger partial charge >= 0.3 is 5.97 Å². The molecule has 0 aromatic heterocycles. The highest BCUT2D eigenvalue weighted by atomic mass is 16.5. The quantitative estimate of drug-likeness (QED) is 0.921. The Morgan fingerprint density at radius 3 is 2.88 bits per heavy atom. The number of hydrogen-bond donors (Lipinski definition) is 1. The predicted molar refractivity (Wildman–Crippen MR) is 90.2 cm³/mol. The Bertz CT molecular complexity index is 657. The minimum atomic E-state index is -0.812. The highest BCUT2D eigenvalue weighted by Crippen LogP contribution is 2.37. The first-order valence-corrected chi connectivity index (χ1v) is 8.61. The van der Waals surface area contributed by atoms with E-state index in [0.717, 1.165) is 25.0 Å². The van der Waals surface area contributed by atoms with Gasteiger partial charge in [-0.2, -0.15) is 0 Å². The van der Waals surface area contributed by atoms with Crippen molar-refractivity contribution < 1.29 is 19.4 Å². The molecule has 1 aliphatic carbocycles. The van der Waals surface area contributed by atoms with Gasteiger partial charge in [0.1, 0.15) is 5.75 Å². The van der Waals surface area contributed by atoms with Gasteiger partial charge in [0.25, 0.3) is 0 Å². The van der Waals surface area contributed by atoms with Crippen molar-refractivity contribution in [3.63, 3.8) is 0 Å². The summed E-state index contributed by atoms with van der Waals surface area (Å²) in [7, 11) is 1.67. The lowest BCUT2D eigenvalue weighted by Crippen LogP contribution is -2.35. The number of carbonyl (C=O) groups excluding carboxylic acids is 1. The first-order valence-electron chi connectivity index (χ1n) is 8.61. The van der Waals surface area contributed by atoms with Gasteiger partial charge in [0, 0.05) is 19.5 Å². The molecule has 5 nitrogen and oxygen atoms in total. The molecule has 24 heavy (non-hydrogen) atoms. The zero-order valence-electron chi connectivity index (χ0n) is 14.4. The maximum absolute atomic E-state index is 12.7. The second-order valence-corrected chi connectivity index (χ2v) is 7.29. The number of aryl methyl sites for hydroxylation is 1. The molecule has 1 aliphatic heterocycles. The monoisotopic (exact) mass is 331 g/mol. The van der Waals surface area contributed by atoms with Gasteiger partial charge < -0.3 is 14.7 Å². The molecule has 1 heterocycles. The van der Waals surface area contributed by atoms with Crippen LogP contribution in [0.25, 0.3) is 0 Å². The summed E-state index contributed by atoms with van der Waals surface area (Å²) in [4.78, 5) is 25.7. The number of nitrogens with zero attached hydrogens (tertiary/aromatic N) is 1. The van der Waals surface area contributed by atoms with Crippen molar-refractivity contribution in [3.8, 4) is 5.75 Å². The minimum Gasteiger partial charge on any atom is -0.497 e. The Morgan fingerprint density at radius 2 is 2.21 bits per heavy atom. The average Bonchev–Trinajstić information content (AvgIpc) is 2.98. The second-order valence-electron chi connectivity index (χ2n) is 7.29. The fourth-order valence-electron chi connectivity index (χ4n) is 3.92. The van der Waals surface area contributed by atoms with Crippen molar-refractivity contribution in [2.24, 2.45) is 5.41 Å². The Hall–Kier alpha value is -2.04. The van der Waals surface area contributed by atoms with Crippen LogP contribution in [-0.4, -0.2) is 42.1 Å².